The van der Waals surface area contributed by atoms with Crippen molar-refractivity contribution in [1.29, 1.82) is 0 Å². The molecule has 0 spiro atoms. The highest BCUT2D eigenvalue weighted by molar-refractivity contribution is 7.09. The number of allylic oxidation sites excluding steroid dienone is 3. The fourth-order valence-electron chi connectivity index (χ4n) is 1.06. The Labute approximate surface area is 67.9 Å². The van der Waals surface area contributed by atoms with E-state index in [2.05, 4.69) is 4.98 Å². The molecule has 2 rings (SSSR count). The summed E-state index contributed by atoms with van der Waals surface area (Å²) in [5.41, 5.74) is 0.963. The maximum atomic E-state index is 10.9. The van der Waals surface area contributed by atoms with Crippen molar-refractivity contribution in [3.63, 3.8) is 0 Å². The van der Waals surface area contributed by atoms with Gasteiger partial charge in [0.25, 0.3) is 0 Å². The number of rotatable bonds is 0. The van der Waals surface area contributed by atoms with Crippen molar-refractivity contribution in [1.82, 2.24) is 4.98 Å². The van der Waals surface area contributed by atoms with Crippen LogP contribution in [0.25, 0.3) is 6.08 Å². The van der Waals surface area contributed by atoms with Gasteiger partial charge in [-0.3, -0.25) is 4.79 Å². The molecule has 0 saturated carbocycles. The molecule has 1 N–H and O–H groups in total. The predicted molar refractivity (Wildman–Crippen MR) is 46.8 cm³/mol. The molecule has 56 valence electrons. The largest absolute Gasteiger partial charge is 0.313 e. The van der Waals surface area contributed by atoms with Crippen molar-refractivity contribution in [2.45, 2.75) is 6.42 Å². The minimum absolute atomic E-state index is 0.0370. The van der Waals surface area contributed by atoms with Gasteiger partial charge in [0, 0.05) is 11.3 Å². The summed E-state index contributed by atoms with van der Waals surface area (Å²) in [5, 5.41) is 0. The van der Waals surface area contributed by atoms with Gasteiger partial charge in [-0.1, -0.05) is 29.6 Å². The zero-order valence-corrected chi connectivity index (χ0v) is 6.65. The Morgan fingerprint density at radius 1 is 1.45 bits per heavy atom. The van der Waals surface area contributed by atoms with E-state index in [0.29, 0.717) is 0 Å². The van der Waals surface area contributed by atoms with Crippen LogP contribution >= 0.6 is 11.3 Å². The number of H-pyrrole nitrogens is 1. The highest BCUT2D eigenvalue weighted by Gasteiger charge is 2.03. The zero-order valence-electron chi connectivity index (χ0n) is 5.83. The molecule has 11 heavy (non-hydrogen) atoms. The Balaban J connectivity index is 2.59. The van der Waals surface area contributed by atoms with Crippen LogP contribution in [-0.4, -0.2) is 4.98 Å². The van der Waals surface area contributed by atoms with E-state index in [1.165, 1.54) is 11.3 Å². The standard InChI is InChI=1S/C8H7NOS/c10-8-9-6-4-2-1-3-5-7(6)11-8/h1-4H,5H2,(H,9,10). The van der Waals surface area contributed by atoms with E-state index >= 15 is 0 Å². The van der Waals surface area contributed by atoms with Crippen molar-refractivity contribution in [3.8, 4) is 0 Å². The number of aromatic nitrogens is 1. The average molecular weight is 165 g/mol. The molecule has 0 atom stereocenters. The van der Waals surface area contributed by atoms with Gasteiger partial charge in [0.05, 0.1) is 5.69 Å². The van der Waals surface area contributed by atoms with Crippen LogP contribution in [0.1, 0.15) is 10.6 Å². The fourth-order valence-corrected chi connectivity index (χ4v) is 1.86. The van der Waals surface area contributed by atoms with Gasteiger partial charge in [-0.2, -0.15) is 0 Å². The van der Waals surface area contributed by atoms with Gasteiger partial charge in [0.1, 0.15) is 0 Å². The smallest absolute Gasteiger partial charge is 0.305 e. The molecular formula is C8H7NOS. The summed E-state index contributed by atoms with van der Waals surface area (Å²) in [6.45, 7) is 0. The zero-order chi connectivity index (χ0) is 7.68. The van der Waals surface area contributed by atoms with Gasteiger partial charge in [0.2, 0.25) is 0 Å². The van der Waals surface area contributed by atoms with Gasteiger partial charge < -0.3 is 4.98 Å². The Bertz CT molecular complexity index is 370. The quantitative estimate of drug-likeness (QED) is 0.621. The Hall–Kier alpha value is -1.09. The monoisotopic (exact) mass is 165 g/mol. The second-order valence-corrected chi connectivity index (χ2v) is 3.41. The minimum Gasteiger partial charge on any atom is -0.313 e. The van der Waals surface area contributed by atoms with E-state index in [4.69, 9.17) is 0 Å². The molecule has 3 heteroatoms. The van der Waals surface area contributed by atoms with Gasteiger partial charge >= 0.3 is 4.87 Å². The van der Waals surface area contributed by atoms with Crippen LogP contribution in [0.4, 0.5) is 0 Å². The van der Waals surface area contributed by atoms with Crippen LogP contribution < -0.4 is 4.87 Å². The molecule has 0 amide bonds. The van der Waals surface area contributed by atoms with E-state index in [0.717, 1.165) is 17.0 Å². The molecule has 0 bridgehead atoms. The maximum Gasteiger partial charge on any atom is 0.305 e. The Morgan fingerprint density at radius 3 is 3.27 bits per heavy atom. The molecular weight excluding hydrogens is 158 g/mol. The molecule has 0 aromatic carbocycles. The van der Waals surface area contributed by atoms with E-state index in [-0.39, 0.29) is 4.87 Å². The third kappa shape index (κ3) is 1.19. The molecule has 1 aromatic heterocycles. The Kier molecular flexibility index (Phi) is 1.51. The number of hydrogen-bond donors (Lipinski definition) is 1. The molecule has 1 aromatic rings. The summed E-state index contributed by atoms with van der Waals surface area (Å²) in [4.78, 5) is 14.8. The van der Waals surface area contributed by atoms with E-state index in [9.17, 15) is 4.79 Å². The first-order valence-corrected chi connectivity index (χ1v) is 4.23. The first-order chi connectivity index (χ1) is 5.36. The van der Waals surface area contributed by atoms with E-state index in [1.807, 2.05) is 24.3 Å². The van der Waals surface area contributed by atoms with Crippen molar-refractivity contribution >= 4 is 17.4 Å². The summed E-state index contributed by atoms with van der Waals surface area (Å²) in [5.74, 6) is 0. The highest BCUT2D eigenvalue weighted by atomic mass is 32.1. The fraction of sp³-hybridized carbons (Fsp3) is 0.125. The molecule has 1 aliphatic carbocycles. The van der Waals surface area contributed by atoms with Gasteiger partial charge in [-0.05, 0) is 6.08 Å². The second kappa shape index (κ2) is 2.51. The lowest BCUT2D eigenvalue weighted by molar-refractivity contribution is 1.25. The number of fused-ring (bicyclic) bond motifs is 1. The van der Waals surface area contributed by atoms with E-state index in [1.54, 1.807) is 0 Å². The number of nitrogens with one attached hydrogen (secondary N) is 1. The summed E-state index contributed by atoms with van der Waals surface area (Å²) in [6.07, 6.45) is 8.77. The van der Waals surface area contributed by atoms with Crippen LogP contribution in [0.15, 0.2) is 23.0 Å². The normalized spacial score (nSPS) is 14.5. The molecule has 0 saturated heterocycles. The topological polar surface area (TPSA) is 32.9 Å². The molecule has 2 nitrogen and oxygen atoms in total. The molecule has 0 aliphatic heterocycles. The molecule has 0 fully saturated rings. The number of hydrogen-bond acceptors (Lipinski definition) is 2. The first-order valence-electron chi connectivity index (χ1n) is 3.41. The van der Waals surface area contributed by atoms with Crippen LogP contribution in [0.5, 0.6) is 0 Å². The van der Waals surface area contributed by atoms with Crippen molar-refractivity contribution in [3.05, 3.63) is 38.5 Å². The highest BCUT2D eigenvalue weighted by Crippen LogP contribution is 2.14. The van der Waals surface area contributed by atoms with Crippen LogP contribution in [0.3, 0.4) is 0 Å². The molecule has 0 radical (unpaired) electrons. The lowest BCUT2D eigenvalue weighted by atomic mass is 10.3. The summed E-state index contributed by atoms with van der Waals surface area (Å²) >= 11 is 1.29. The minimum atomic E-state index is 0.0370. The number of thiazole rings is 1. The lowest BCUT2D eigenvalue weighted by Crippen LogP contribution is -1.91. The predicted octanol–water partition coefficient (Wildman–Crippen LogP) is 1.56. The molecule has 0 unspecified atom stereocenters. The van der Waals surface area contributed by atoms with Gasteiger partial charge in [-0.25, -0.2) is 0 Å². The van der Waals surface area contributed by atoms with Gasteiger partial charge in [-0.15, -0.1) is 0 Å². The van der Waals surface area contributed by atoms with Crippen molar-refractivity contribution in [2.75, 3.05) is 0 Å². The first kappa shape index (κ1) is 6.61. The summed E-state index contributed by atoms with van der Waals surface area (Å²) < 4.78 is 0. The van der Waals surface area contributed by atoms with Crippen molar-refractivity contribution in [2.24, 2.45) is 0 Å². The number of aromatic amines is 1. The Morgan fingerprint density at radius 2 is 2.36 bits per heavy atom. The molecule has 1 aliphatic rings. The average Bonchev–Trinajstić information content (AvgIpc) is 2.17. The summed E-state index contributed by atoms with van der Waals surface area (Å²) in [7, 11) is 0. The molecule has 1 heterocycles. The third-order valence-corrected chi connectivity index (χ3v) is 2.49. The summed E-state index contributed by atoms with van der Waals surface area (Å²) in [6, 6.07) is 0. The van der Waals surface area contributed by atoms with Crippen LogP contribution in [-0.2, 0) is 6.42 Å². The van der Waals surface area contributed by atoms with Gasteiger partial charge in [0.15, 0.2) is 0 Å². The third-order valence-electron chi connectivity index (χ3n) is 1.57. The maximum absolute atomic E-state index is 10.9. The van der Waals surface area contributed by atoms with Crippen molar-refractivity contribution < 1.29 is 0 Å². The lowest BCUT2D eigenvalue weighted by Gasteiger charge is -1.87. The van der Waals surface area contributed by atoms with Crippen LogP contribution in [0, 0.1) is 0 Å². The second-order valence-electron chi connectivity index (χ2n) is 2.34. The SMILES string of the molecule is O=c1[nH]c2c(s1)CC=CC=C2. The van der Waals surface area contributed by atoms with Crippen LogP contribution in [0.2, 0.25) is 0 Å². The van der Waals surface area contributed by atoms with E-state index < -0.39 is 0 Å².